The van der Waals surface area contributed by atoms with Crippen LogP contribution >= 0.6 is 0 Å². The third-order valence-corrected chi connectivity index (χ3v) is 0.354. The Morgan fingerprint density at radius 1 is 1.83 bits per heavy atom. The summed E-state index contributed by atoms with van der Waals surface area (Å²) >= 11 is 4.01. The molecule has 0 radical (unpaired) electrons. The van der Waals surface area contributed by atoms with E-state index in [2.05, 4.69) is 12.6 Å². The Bertz CT molecular complexity index is 46.8. The third kappa shape index (κ3) is 8.84. The minimum Gasteiger partial charge on any atom is -0.787 e. The van der Waals surface area contributed by atoms with Crippen LogP contribution in [0.1, 0.15) is 0 Å². The minimum atomic E-state index is -1.18. The first-order chi connectivity index (χ1) is 2.27. The first-order valence-electron chi connectivity index (χ1n) is 1.05. The Balaban J connectivity index is 0. The standard InChI is InChI=1S/C2H4O2S.Na/c3-2(4)1-5;/h5H,1H2,(H,3,4);/q;+1/p-2. The predicted octanol–water partition coefficient (Wildman–Crippen LogP) is -4.71. The largest absolute Gasteiger partial charge is 1.00 e. The fourth-order valence-corrected chi connectivity index (χ4v) is 0. The Hall–Kier alpha value is 0.820. The van der Waals surface area contributed by atoms with Crippen molar-refractivity contribution in [2.24, 2.45) is 0 Å². The van der Waals surface area contributed by atoms with Gasteiger partial charge < -0.3 is 22.5 Å². The first kappa shape index (κ1) is 9.94. The van der Waals surface area contributed by atoms with Crippen LogP contribution in [-0.4, -0.2) is 11.7 Å². The quantitative estimate of drug-likeness (QED) is 0.253. The molecule has 0 bridgehead atoms. The summed E-state index contributed by atoms with van der Waals surface area (Å²) in [6.07, 6.45) is 0. The molecule has 0 saturated heterocycles. The van der Waals surface area contributed by atoms with Crippen molar-refractivity contribution in [3.63, 3.8) is 0 Å². The summed E-state index contributed by atoms with van der Waals surface area (Å²) in [5, 5.41) is 9.15. The second kappa shape index (κ2) is 5.82. The molecule has 0 fully saturated rings. The molecule has 0 aliphatic carbocycles. The van der Waals surface area contributed by atoms with Crippen molar-refractivity contribution in [1.82, 2.24) is 0 Å². The predicted molar refractivity (Wildman–Crippen MR) is 17.2 cm³/mol. The average Bonchev–Trinajstić information content (AvgIpc) is 1.38. The zero-order valence-corrected chi connectivity index (χ0v) is 6.25. The molecule has 0 saturated carbocycles. The van der Waals surface area contributed by atoms with Crippen molar-refractivity contribution >= 4 is 18.6 Å². The topological polar surface area (TPSA) is 40.1 Å². The monoisotopic (exact) mass is 113 g/mol. The molecule has 0 aliphatic heterocycles. The van der Waals surface area contributed by atoms with Crippen LogP contribution in [-0.2, 0) is 17.4 Å². The number of rotatable bonds is 1. The Morgan fingerprint density at radius 3 is 2.00 bits per heavy atom. The number of carbonyl (C=O) groups excluding carboxylic acids is 1. The number of hydrogen-bond acceptors (Lipinski definition) is 3. The van der Waals surface area contributed by atoms with E-state index in [1.807, 2.05) is 0 Å². The fraction of sp³-hybridized carbons (Fsp3) is 0.500. The van der Waals surface area contributed by atoms with Crippen LogP contribution in [0.15, 0.2) is 0 Å². The molecular formula is C2H2NaO2S-. The van der Waals surface area contributed by atoms with Crippen molar-refractivity contribution in [2.45, 2.75) is 0 Å². The van der Waals surface area contributed by atoms with Gasteiger partial charge in [0.2, 0.25) is 0 Å². The van der Waals surface area contributed by atoms with Gasteiger partial charge >= 0.3 is 29.6 Å². The Kier molecular flexibility index (Phi) is 9.65. The normalized spacial score (nSPS) is 6.17. The molecular weight excluding hydrogens is 111 g/mol. The molecule has 0 aromatic rings. The molecule has 0 heterocycles. The van der Waals surface area contributed by atoms with Gasteiger partial charge in [-0.15, -0.1) is 5.75 Å². The Labute approximate surface area is 63.6 Å². The van der Waals surface area contributed by atoms with Crippen molar-refractivity contribution in [3.8, 4) is 0 Å². The van der Waals surface area contributed by atoms with Crippen LogP contribution in [0.3, 0.4) is 0 Å². The zero-order chi connectivity index (χ0) is 4.28. The molecule has 0 aliphatic rings. The summed E-state index contributed by atoms with van der Waals surface area (Å²) in [6.45, 7) is 0. The molecule has 0 spiro atoms. The van der Waals surface area contributed by atoms with E-state index in [0.717, 1.165) is 0 Å². The molecule has 2 nitrogen and oxygen atoms in total. The molecule has 0 rings (SSSR count). The maximum Gasteiger partial charge on any atom is 1.00 e. The van der Waals surface area contributed by atoms with Crippen LogP contribution < -0.4 is 34.7 Å². The molecule has 6 heavy (non-hydrogen) atoms. The molecule has 0 N–H and O–H groups in total. The molecule has 30 valence electrons. The van der Waals surface area contributed by atoms with E-state index in [9.17, 15) is 0 Å². The van der Waals surface area contributed by atoms with Crippen molar-refractivity contribution in [2.75, 3.05) is 5.75 Å². The van der Waals surface area contributed by atoms with Gasteiger partial charge in [-0.3, -0.25) is 0 Å². The van der Waals surface area contributed by atoms with Gasteiger partial charge in [-0.05, 0) is 0 Å². The van der Waals surface area contributed by atoms with Crippen LogP contribution in [0.25, 0.3) is 0 Å². The van der Waals surface area contributed by atoms with Crippen molar-refractivity contribution < 1.29 is 39.5 Å². The summed E-state index contributed by atoms with van der Waals surface area (Å²) in [7, 11) is 0. The minimum absolute atomic E-state index is 0. The van der Waals surface area contributed by atoms with Gasteiger partial charge in [-0.1, -0.05) is 0 Å². The Morgan fingerprint density at radius 2 is 2.00 bits per heavy atom. The van der Waals surface area contributed by atoms with E-state index < -0.39 is 5.97 Å². The van der Waals surface area contributed by atoms with E-state index in [1.54, 1.807) is 0 Å². The number of carbonyl (C=O) groups is 1. The summed E-state index contributed by atoms with van der Waals surface area (Å²) < 4.78 is 0. The van der Waals surface area contributed by atoms with Gasteiger partial charge in [0.25, 0.3) is 0 Å². The third-order valence-electron chi connectivity index (χ3n) is 0.118. The fourth-order valence-electron chi connectivity index (χ4n) is 0. The smallest absolute Gasteiger partial charge is 0.787 e. The second-order valence-electron chi connectivity index (χ2n) is 0.516. The van der Waals surface area contributed by atoms with Crippen LogP contribution in [0.4, 0.5) is 0 Å². The second-order valence-corrected chi connectivity index (χ2v) is 0.805. The number of aliphatic carboxylic acids is 1. The molecule has 0 amide bonds. The van der Waals surface area contributed by atoms with Gasteiger partial charge in [-0.2, -0.15) is 0 Å². The summed E-state index contributed by atoms with van der Waals surface area (Å²) in [6, 6.07) is 0. The zero-order valence-electron chi connectivity index (χ0n) is 3.43. The summed E-state index contributed by atoms with van der Waals surface area (Å²) in [5.41, 5.74) is 0. The molecule has 4 heteroatoms. The maximum absolute atomic E-state index is 9.15. The van der Waals surface area contributed by atoms with Crippen LogP contribution in [0, 0.1) is 0 Å². The van der Waals surface area contributed by atoms with Gasteiger partial charge in [0.1, 0.15) is 0 Å². The number of carboxylic acids is 1. The summed E-state index contributed by atoms with van der Waals surface area (Å²) in [5.74, 6) is -1.49. The van der Waals surface area contributed by atoms with E-state index in [1.165, 1.54) is 0 Å². The SMILES string of the molecule is O=C([O-])C[S-].[Na+]. The van der Waals surface area contributed by atoms with Gasteiger partial charge in [0.15, 0.2) is 0 Å². The number of hydrogen-bond donors (Lipinski definition) is 0. The van der Waals surface area contributed by atoms with Crippen molar-refractivity contribution in [1.29, 1.82) is 0 Å². The maximum atomic E-state index is 9.15. The molecule has 0 atom stereocenters. The summed E-state index contributed by atoms with van der Waals surface area (Å²) in [4.78, 5) is 9.15. The average molecular weight is 113 g/mol. The van der Waals surface area contributed by atoms with E-state index in [0.29, 0.717) is 0 Å². The van der Waals surface area contributed by atoms with Crippen LogP contribution in [0.2, 0.25) is 0 Å². The van der Waals surface area contributed by atoms with Crippen LogP contribution in [0.5, 0.6) is 0 Å². The van der Waals surface area contributed by atoms with E-state index in [-0.39, 0.29) is 35.3 Å². The van der Waals surface area contributed by atoms with E-state index >= 15 is 0 Å². The van der Waals surface area contributed by atoms with Crippen molar-refractivity contribution in [3.05, 3.63) is 0 Å². The molecule has 0 unspecified atom stereocenters. The van der Waals surface area contributed by atoms with E-state index in [4.69, 9.17) is 9.90 Å². The number of carboxylic acid groups (broad SMARTS) is 1. The van der Waals surface area contributed by atoms with Gasteiger partial charge in [0.05, 0.1) is 0 Å². The first-order valence-corrected chi connectivity index (χ1v) is 1.63. The van der Waals surface area contributed by atoms with Gasteiger partial charge in [-0.25, -0.2) is 0 Å². The van der Waals surface area contributed by atoms with Gasteiger partial charge in [0, 0.05) is 5.97 Å². The molecule has 0 aromatic carbocycles. The molecule has 0 aromatic heterocycles.